The monoisotopic (exact) mass is 186 g/mol. The normalized spacial score (nSPS) is 9.73. The van der Waals surface area contributed by atoms with Crippen LogP contribution in [0, 0.1) is 6.92 Å². The molecule has 0 spiro atoms. The minimum atomic E-state index is 1.06. The lowest BCUT2D eigenvalue weighted by Crippen LogP contribution is -1.93. The zero-order valence-corrected chi connectivity index (χ0v) is 8.17. The average Bonchev–Trinajstić information content (AvgIpc) is 2.05. The number of anilines is 1. The molecule has 0 aliphatic heterocycles. The SMILES string of the molecule is CNc1cncc(SS)c1C. The molecule has 11 heavy (non-hydrogen) atoms. The molecular weight excluding hydrogens is 176 g/mol. The molecule has 1 aromatic rings. The summed E-state index contributed by atoms with van der Waals surface area (Å²) in [5.41, 5.74) is 2.26. The molecule has 0 bridgehead atoms. The summed E-state index contributed by atoms with van der Waals surface area (Å²) < 4.78 is 0. The van der Waals surface area contributed by atoms with Crippen LogP contribution in [0.4, 0.5) is 5.69 Å². The molecule has 0 radical (unpaired) electrons. The highest BCUT2D eigenvalue weighted by Crippen LogP contribution is 2.28. The van der Waals surface area contributed by atoms with Gasteiger partial charge >= 0.3 is 0 Å². The quantitative estimate of drug-likeness (QED) is 0.548. The lowest BCUT2D eigenvalue weighted by molar-refractivity contribution is 1.17. The Bertz CT molecular complexity index is 228. The molecule has 0 aliphatic rings. The van der Waals surface area contributed by atoms with Gasteiger partial charge in [-0.25, -0.2) is 0 Å². The number of hydrogen-bond acceptors (Lipinski definition) is 4. The Morgan fingerprint density at radius 3 is 2.82 bits per heavy atom. The number of nitrogens with one attached hydrogen (secondary N) is 1. The van der Waals surface area contributed by atoms with Crippen molar-refractivity contribution in [3.05, 3.63) is 18.0 Å². The summed E-state index contributed by atoms with van der Waals surface area (Å²) in [6.07, 6.45) is 3.62. The molecule has 1 rings (SSSR count). The van der Waals surface area contributed by atoms with E-state index in [-0.39, 0.29) is 0 Å². The lowest BCUT2D eigenvalue weighted by atomic mass is 10.2. The summed E-state index contributed by atoms with van der Waals surface area (Å²) in [5, 5.41) is 3.06. The Balaban J connectivity index is 3.10. The number of thiol groups is 1. The van der Waals surface area contributed by atoms with Crippen LogP contribution >= 0.6 is 22.5 Å². The minimum absolute atomic E-state index is 1.06. The average molecular weight is 186 g/mol. The van der Waals surface area contributed by atoms with Gasteiger partial charge in [-0.05, 0) is 12.5 Å². The van der Waals surface area contributed by atoms with Crippen LogP contribution in [0.5, 0.6) is 0 Å². The third-order valence-corrected chi connectivity index (χ3v) is 2.74. The predicted octanol–water partition coefficient (Wildman–Crippen LogP) is 2.37. The molecule has 0 aliphatic carbocycles. The summed E-state index contributed by atoms with van der Waals surface area (Å²) in [7, 11) is 3.30. The van der Waals surface area contributed by atoms with Crippen molar-refractivity contribution >= 4 is 28.1 Å². The Morgan fingerprint density at radius 1 is 1.55 bits per heavy atom. The maximum absolute atomic E-state index is 4.11. The van der Waals surface area contributed by atoms with E-state index in [1.54, 1.807) is 0 Å². The first-order valence-corrected chi connectivity index (χ1v) is 5.10. The molecule has 4 heteroatoms. The highest BCUT2D eigenvalue weighted by atomic mass is 33.1. The second kappa shape index (κ2) is 3.88. The molecule has 0 unspecified atom stereocenters. The summed E-state index contributed by atoms with van der Waals surface area (Å²) >= 11 is 4.11. The Labute approximate surface area is 75.6 Å². The van der Waals surface area contributed by atoms with Crippen LogP contribution in [0.25, 0.3) is 0 Å². The summed E-state index contributed by atoms with van der Waals surface area (Å²) in [6.45, 7) is 2.05. The van der Waals surface area contributed by atoms with E-state index in [4.69, 9.17) is 0 Å². The van der Waals surface area contributed by atoms with Gasteiger partial charge in [-0.15, -0.1) is 11.7 Å². The van der Waals surface area contributed by atoms with Gasteiger partial charge in [0, 0.05) is 18.1 Å². The van der Waals surface area contributed by atoms with Crippen LogP contribution in [0.2, 0.25) is 0 Å². The van der Waals surface area contributed by atoms with Crippen LogP contribution in [0.15, 0.2) is 17.3 Å². The van der Waals surface area contributed by atoms with E-state index in [1.807, 2.05) is 26.4 Å². The minimum Gasteiger partial charge on any atom is -0.387 e. The molecule has 0 amide bonds. The van der Waals surface area contributed by atoms with Gasteiger partial charge < -0.3 is 5.32 Å². The fraction of sp³-hybridized carbons (Fsp3) is 0.286. The van der Waals surface area contributed by atoms with E-state index >= 15 is 0 Å². The van der Waals surface area contributed by atoms with Gasteiger partial charge in [0.05, 0.1) is 11.9 Å². The first-order chi connectivity index (χ1) is 5.29. The largest absolute Gasteiger partial charge is 0.387 e. The second-order valence-electron chi connectivity index (χ2n) is 2.15. The standard InChI is InChI=1S/C7H10N2S2/c1-5-6(8-2)3-9-4-7(5)11-10/h3-4,8,10H,1-2H3. The molecule has 0 aromatic carbocycles. The van der Waals surface area contributed by atoms with Gasteiger partial charge in [0.25, 0.3) is 0 Å². The first kappa shape index (κ1) is 8.74. The van der Waals surface area contributed by atoms with E-state index in [2.05, 4.69) is 22.0 Å². The van der Waals surface area contributed by atoms with E-state index in [9.17, 15) is 0 Å². The third kappa shape index (κ3) is 1.81. The predicted molar refractivity (Wildman–Crippen MR) is 53.4 cm³/mol. The highest BCUT2D eigenvalue weighted by molar-refractivity contribution is 8.68. The first-order valence-electron chi connectivity index (χ1n) is 3.23. The molecule has 0 fully saturated rings. The number of hydrogen-bond donors (Lipinski definition) is 2. The molecular formula is C7H10N2S2. The fourth-order valence-corrected chi connectivity index (χ4v) is 1.76. The molecule has 1 N–H and O–H groups in total. The van der Waals surface area contributed by atoms with Crippen molar-refractivity contribution in [3.63, 3.8) is 0 Å². The van der Waals surface area contributed by atoms with Crippen LogP contribution in [-0.2, 0) is 0 Å². The zero-order chi connectivity index (χ0) is 8.27. The smallest absolute Gasteiger partial charge is 0.0565 e. The van der Waals surface area contributed by atoms with E-state index < -0.39 is 0 Å². The zero-order valence-electron chi connectivity index (χ0n) is 6.46. The van der Waals surface area contributed by atoms with E-state index in [0.717, 1.165) is 10.6 Å². The number of aromatic nitrogens is 1. The molecule has 0 saturated heterocycles. The number of nitrogens with zero attached hydrogens (tertiary/aromatic N) is 1. The molecule has 0 atom stereocenters. The van der Waals surface area contributed by atoms with Crippen molar-refractivity contribution in [2.45, 2.75) is 11.8 Å². The Hall–Kier alpha value is -0.350. The topological polar surface area (TPSA) is 24.9 Å². The number of pyridine rings is 1. The van der Waals surface area contributed by atoms with E-state index in [0.29, 0.717) is 0 Å². The summed E-state index contributed by atoms with van der Waals surface area (Å²) in [6, 6.07) is 0. The van der Waals surface area contributed by atoms with Crippen LogP contribution in [0.1, 0.15) is 5.56 Å². The van der Waals surface area contributed by atoms with E-state index in [1.165, 1.54) is 16.4 Å². The Kier molecular flexibility index (Phi) is 3.08. The van der Waals surface area contributed by atoms with Crippen LogP contribution in [0.3, 0.4) is 0 Å². The molecule has 60 valence electrons. The highest BCUT2D eigenvalue weighted by Gasteiger charge is 2.01. The second-order valence-corrected chi connectivity index (χ2v) is 3.32. The molecule has 1 heterocycles. The maximum Gasteiger partial charge on any atom is 0.0565 e. The van der Waals surface area contributed by atoms with Crippen LogP contribution < -0.4 is 5.32 Å². The molecule has 0 saturated carbocycles. The van der Waals surface area contributed by atoms with Crippen molar-refractivity contribution in [2.24, 2.45) is 0 Å². The van der Waals surface area contributed by atoms with Gasteiger partial charge in [0.2, 0.25) is 0 Å². The number of rotatable bonds is 2. The fourth-order valence-electron chi connectivity index (χ4n) is 0.850. The van der Waals surface area contributed by atoms with Gasteiger partial charge in [-0.3, -0.25) is 4.98 Å². The summed E-state index contributed by atoms with van der Waals surface area (Å²) in [5.74, 6) is 0. The lowest BCUT2D eigenvalue weighted by Gasteiger charge is -2.06. The van der Waals surface area contributed by atoms with Crippen molar-refractivity contribution in [1.29, 1.82) is 0 Å². The summed E-state index contributed by atoms with van der Waals surface area (Å²) in [4.78, 5) is 5.15. The van der Waals surface area contributed by atoms with Gasteiger partial charge in [-0.1, -0.05) is 10.8 Å². The van der Waals surface area contributed by atoms with Gasteiger partial charge in [0.1, 0.15) is 0 Å². The van der Waals surface area contributed by atoms with Crippen molar-refractivity contribution < 1.29 is 0 Å². The molecule has 1 aromatic heterocycles. The van der Waals surface area contributed by atoms with Crippen LogP contribution in [-0.4, -0.2) is 12.0 Å². The van der Waals surface area contributed by atoms with Gasteiger partial charge in [-0.2, -0.15) is 0 Å². The molecule has 2 nitrogen and oxygen atoms in total. The maximum atomic E-state index is 4.11. The van der Waals surface area contributed by atoms with Crippen molar-refractivity contribution in [1.82, 2.24) is 4.98 Å². The van der Waals surface area contributed by atoms with Crippen molar-refractivity contribution in [3.8, 4) is 0 Å². The van der Waals surface area contributed by atoms with Crippen molar-refractivity contribution in [2.75, 3.05) is 12.4 Å². The van der Waals surface area contributed by atoms with Gasteiger partial charge in [0.15, 0.2) is 0 Å². The Morgan fingerprint density at radius 2 is 2.27 bits per heavy atom. The third-order valence-electron chi connectivity index (χ3n) is 1.54.